The number of nitrogens with zero attached hydrogens (tertiary/aromatic N) is 1. The molecule has 1 aliphatic rings. The van der Waals surface area contributed by atoms with Gasteiger partial charge in [-0.05, 0) is 41.6 Å². The lowest BCUT2D eigenvalue weighted by atomic mass is 10.2. The van der Waals surface area contributed by atoms with Crippen molar-refractivity contribution in [1.29, 1.82) is 0 Å². The van der Waals surface area contributed by atoms with Gasteiger partial charge in [0, 0.05) is 20.3 Å². The van der Waals surface area contributed by atoms with Gasteiger partial charge in [-0.2, -0.15) is 0 Å². The molecule has 1 amide bonds. The van der Waals surface area contributed by atoms with E-state index in [1.54, 1.807) is 54.5 Å². The lowest BCUT2D eigenvalue weighted by Gasteiger charge is -2.13. The molecule has 1 fully saturated rings. The number of methoxy groups -OCH3 is 1. The molecule has 0 unspecified atom stereocenters. The second-order valence-electron chi connectivity index (χ2n) is 5.62. The fraction of sp³-hybridized carbons (Fsp3) is 0.211. The summed E-state index contributed by atoms with van der Waals surface area (Å²) in [5, 5.41) is 1.82. The molecule has 27 heavy (non-hydrogen) atoms. The summed E-state index contributed by atoms with van der Waals surface area (Å²) in [5.74, 6) is -0.0124. The van der Waals surface area contributed by atoms with Crippen LogP contribution in [0.4, 0.5) is 0 Å². The second-order valence-corrected chi connectivity index (χ2v) is 8.24. The highest BCUT2D eigenvalue weighted by Crippen LogP contribution is 2.32. The summed E-state index contributed by atoms with van der Waals surface area (Å²) in [6.07, 6.45) is 2.53. The molecule has 0 aliphatic carbocycles. The third-order valence-corrected chi connectivity index (χ3v) is 5.94. The Kier molecular flexibility index (Phi) is 6.78. The van der Waals surface area contributed by atoms with Crippen molar-refractivity contribution in [2.75, 3.05) is 20.3 Å². The van der Waals surface area contributed by atoms with Crippen molar-refractivity contribution in [3.8, 4) is 5.75 Å². The number of ether oxygens (including phenoxy) is 2. The van der Waals surface area contributed by atoms with Crippen molar-refractivity contribution < 1.29 is 19.1 Å². The van der Waals surface area contributed by atoms with E-state index in [-0.39, 0.29) is 11.9 Å². The Hall–Kier alpha value is -2.00. The first kappa shape index (κ1) is 19.8. The van der Waals surface area contributed by atoms with Gasteiger partial charge in [0.15, 0.2) is 0 Å². The quantitative estimate of drug-likeness (QED) is 0.220. The van der Waals surface area contributed by atoms with E-state index in [0.29, 0.717) is 33.0 Å². The number of amides is 1. The van der Waals surface area contributed by atoms with Gasteiger partial charge in [-0.15, -0.1) is 11.3 Å². The smallest absolute Gasteiger partial charge is 0.353 e. The van der Waals surface area contributed by atoms with Crippen molar-refractivity contribution in [2.24, 2.45) is 0 Å². The minimum atomic E-state index is -0.380. The Morgan fingerprint density at radius 3 is 2.70 bits per heavy atom. The summed E-state index contributed by atoms with van der Waals surface area (Å²) in [6, 6.07) is 10.5. The zero-order valence-electron chi connectivity index (χ0n) is 14.5. The monoisotopic (exact) mass is 419 g/mol. The minimum Gasteiger partial charge on any atom is -0.422 e. The van der Waals surface area contributed by atoms with Crippen LogP contribution in [0.2, 0.25) is 0 Å². The van der Waals surface area contributed by atoms with Gasteiger partial charge in [-0.1, -0.05) is 42.2 Å². The highest BCUT2D eigenvalue weighted by atomic mass is 32.2. The summed E-state index contributed by atoms with van der Waals surface area (Å²) in [4.78, 5) is 27.2. The van der Waals surface area contributed by atoms with Crippen LogP contribution in [0.5, 0.6) is 5.75 Å². The number of rotatable bonds is 7. The van der Waals surface area contributed by atoms with Gasteiger partial charge in [-0.3, -0.25) is 9.69 Å². The SMILES string of the molecule is COCCCN1C(=O)C(=Cc2ccc(OC(=O)c3cccs3)cc2)SC1=S. The summed E-state index contributed by atoms with van der Waals surface area (Å²) >= 11 is 7.92. The zero-order chi connectivity index (χ0) is 19.2. The number of benzene rings is 1. The van der Waals surface area contributed by atoms with Crippen molar-refractivity contribution in [2.45, 2.75) is 6.42 Å². The molecule has 1 saturated heterocycles. The van der Waals surface area contributed by atoms with Gasteiger partial charge in [-0.25, -0.2) is 4.79 Å². The van der Waals surface area contributed by atoms with E-state index >= 15 is 0 Å². The van der Waals surface area contributed by atoms with E-state index in [1.165, 1.54) is 23.1 Å². The molecule has 8 heteroatoms. The first-order chi connectivity index (χ1) is 13.1. The van der Waals surface area contributed by atoms with Crippen molar-refractivity contribution in [1.82, 2.24) is 4.90 Å². The van der Waals surface area contributed by atoms with Crippen molar-refractivity contribution in [3.05, 3.63) is 57.1 Å². The van der Waals surface area contributed by atoms with E-state index in [1.807, 2.05) is 5.38 Å². The molecule has 0 N–H and O–H groups in total. The topological polar surface area (TPSA) is 55.8 Å². The molecule has 2 aromatic rings. The Morgan fingerprint density at radius 2 is 2.04 bits per heavy atom. The van der Waals surface area contributed by atoms with Crippen LogP contribution < -0.4 is 4.74 Å². The van der Waals surface area contributed by atoms with Gasteiger partial charge in [0.05, 0.1) is 4.91 Å². The lowest BCUT2D eigenvalue weighted by molar-refractivity contribution is -0.122. The van der Waals surface area contributed by atoms with Crippen LogP contribution in [0.1, 0.15) is 21.7 Å². The van der Waals surface area contributed by atoms with E-state index in [2.05, 4.69) is 0 Å². The van der Waals surface area contributed by atoms with Crippen LogP contribution in [0.3, 0.4) is 0 Å². The molecule has 0 spiro atoms. The molecule has 3 rings (SSSR count). The Balaban J connectivity index is 1.64. The summed E-state index contributed by atoms with van der Waals surface area (Å²) in [7, 11) is 1.63. The largest absolute Gasteiger partial charge is 0.422 e. The number of thiophene rings is 1. The van der Waals surface area contributed by atoms with Gasteiger partial charge in [0.1, 0.15) is 14.9 Å². The standard InChI is InChI=1S/C19H17NO4S3/c1-23-10-3-9-20-17(21)16(27-19(20)25)12-13-5-7-14(8-6-13)24-18(22)15-4-2-11-26-15/h2,4-8,11-12H,3,9-10H2,1H3. The number of hydrogen-bond acceptors (Lipinski definition) is 7. The minimum absolute atomic E-state index is 0.0886. The Labute approximate surface area is 171 Å². The van der Waals surface area contributed by atoms with Crippen molar-refractivity contribution >= 4 is 57.6 Å². The van der Waals surface area contributed by atoms with Crippen LogP contribution in [-0.2, 0) is 9.53 Å². The molecule has 140 valence electrons. The third kappa shape index (κ3) is 5.04. The highest BCUT2D eigenvalue weighted by Gasteiger charge is 2.31. The number of esters is 1. The third-order valence-electron chi connectivity index (χ3n) is 3.71. The molecule has 1 aliphatic heterocycles. The van der Waals surface area contributed by atoms with Gasteiger partial charge >= 0.3 is 5.97 Å². The maximum atomic E-state index is 12.5. The molecule has 5 nitrogen and oxygen atoms in total. The molecule has 0 saturated carbocycles. The maximum Gasteiger partial charge on any atom is 0.353 e. The first-order valence-corrected chi connectivity index (χ1v) is 10.3. The average molecular weight is 420 g/mol. The van der Waals surface area contributed by atoms with Gasteiger partial charge in [0.25, 0.3) is 5.91 Å². The van der Waals surface area contributed by atoms with E-state index in [4.69, 9.17) is 21.7 Å². The van der Waals surface area contributed by atoms with Crippen molar-refractivity contribution in [3.63, 3.8) is 0 Å². The van der Waals surface area contributed by atoms with E-state index in [0.717, 1.165) is 12.0 Å². The Morgan fingerprint density at radius 1 is 1.26 bits per heavy atom. The molecular weight excluding hydrogens is 402 g/mol. The molecule has 0 radical (unpaired) electrons. The van der Waals surface area contributed by atoms with Crippen LogP contribution >= 0.6 is 35.3 Å². The number of carbonyl (C=O) groups excluding carboxylic acids is 2. The van der Waals surface area contributed by atoms with Crippen LogP contribution in [0.25, 0.3) is 6.08 Å². The number of thiocarbonyl (C=S) groups is 1. The summed E-state index contributed by atoms with van der Waals surface area (Å²) in [5.41, 5.74) is 0.836. The fourth-order valence-electron chi connectivity index (χ4n) is 2.40. The van der Waals surface area contributed by atoms with Gasteiger partial charge < -0.3 is 9.47 Å². The van der Waals surface area contributed by atoms with Gasteiger partial charge in [0.2, 0.25) is 0 Å². The molecule has 1 aromatic heterocycles. The average Bonchev–Trinajstić information content (AvgIpc) is 3.28. The number of carbonyl (C=O) groups is 2. The zero-order valence-corrected chi connectivity index (χ0v) is 17.0. The second kappa shape index (κ2) is 9.27. The molecular formula is C19H17NO4S3. The predicted octanol–water partition coefficient (Wildman–Crippen LogP) is 4.21. The number of hydrogen-bond donors (Lipinski definition) is 0. The molecule has 2 heterocycles. The highest BCUT2D eigenvalue weighted by molar-refractivity contribution is 8.26. The molecule has 0 atom stereocenters. The summed E-state index contributed by atoms with van der Waals surface area (Å²) in [6.45, 7) is 1.13. The van der Waals surface area contributed by atoms with Crippen LogP contribution in [-0.4, -0.2) is 41.4 Å². The number of thioether (sulfide) groups is 1. The summed E-state index contributed by atoms with van der Waals surface area (Å²) < 4.78 is 10.9. The molecule has 1 aromatic carbocycles. The van der Waals surface area contributed by atoms with E-state index in [9.17, 15) is 9.59 Å². The lowest BCUT2D eigenvalue weighted by Crippen LogP contribution is -2.29. The predicted molar refractivity (Wildman–Crippen MR) is 112 cm³/mol. The first-order valence-electron chi connectivity index (χ1n) is 8.18. The van der Waals surface area contributed by atoms with Crippen LogP contribution in [0.15, 0.2) is 46.7 Å². The fourth-order valence-corrected chi connectivity index (χ4v) is 4.30. The normalized spacial score (nSPS) is 15.6. The van der Waals surface area contributed by atoms with Crippen LogP contribution in [0, 0.1) is 0 Å². The van der Waals surface area contributed by atoms with E-state index < -0.39 is 0 Å². The maximum absolute atomic E-state index is 12.5. The Bertz CT molecular complexity index is 860. The molecule has 0 bridgehead atoms.